The summed E-state index contributed by atoms with van der Waals surface area (Å²) in [6.07, 6.45) is 1.22. The molecule has 7 heteroatoms. The molecule has 0 aliphatic carbocycles. The predicted octanol–water partition coefficient (Wildman–Crippen LogP) is 3.15. The molecule has 0 saturated carbocycles. The van der Waals surface area contributed by atoms with Gasteiger partial charge >= 0.3 is 5.69 Å². The van der Waals surface area contributed by atoms with E-state index in [0.29, 0.717) is 5.69 Å². The van der Waals surface area contributed by atoms with Crippen LogP contribution in [-0.4, -0.2) is 15.9 Å². The summed E-state index contributed by atoms with van der Waals surface area (Å²) in [5.74, 6) is -1.11. The zero-order valence-electron chi connectivity index (χ0n) is 12.7. The number of carbonyl (C=O) groups excluding carboxylic acids is 1. The molecule has 0 unspecified atom stereocenters. The fraction of sp³-hybridized carbons (Fsp3) is 0.0588. The smallest absolute Gasteiger partial charge is 0.311 e. The van der Waals surface area contributed by atoms with Gasteiger partial charge in [0.05, 0.1) is 4.92 Å². The van der Waals surface area contributed by atoms with Crippen molar-refractivity contribution in [2.75, 3.05) is 5.32 Å². The number of carbonyl (C=O) groups is 1. The topological polar surface area (TPSA) is 116 Å². The van der Waals surface area contributed by atoms with Gasteiger partial charge in [0.1, 0.15) is 11.6 Å². The summed E-state index contributed by atoms with van der Waals surface area (Å²) in [7, 11) is 0. The van der Waals surface area contributed by atoms with Crippen LogP contribution >= 0.6 is 0 Å². The van der Waals surface area contributed by atoms with Crippen molar-refractivity contribution in [3.63, 3.8) is 0 Å². The van der Waals surface area contributed by atoms with Gasteiger partial charge in [0.15, 0.2) is 5.75 Å². The lowest BCUT2D eigenvalue weighted by molar-refractivity contribution is -0.385. The highest BCUT2D eigenvalue weighted by Gasteiger charge is 2.15. The molecule has 7 nitrogen and oxygen atoms in total. The van der Waals surface area contributed by atoms with Crippen LogP contribution in [0, 0.1) is 28.4 Å². The van der Waals surface area contributed by atoms with E-state index >= 15 is 0 Å². The van der Waals surface area contributed by atoms with Gasteiger partial charge in [-0.05, 0) is 36.8 Å². The number of nitrogens with zero attached hydrogens (tertiary/aromatic N) is 2. The molecule has 0 saturated heterocycles. The van der Waals surface area contributed by atoms with Gasteiger partial charge in [-0.1, -0.05) is 23.8 Å². The maximum absolute atomic E-state index is 12.1. The fourth-order valence-corrected chi connectivity index (χ4v) is 1.93. The van der Waals surface area contributed by atoms with Crippen molar-refractivity contribution < 1.29 is 14.8 Å². The van der Waals surface area contributed by atoms with Gasteiger partial charge in [0.2, 0.25) is 0 Å². The Morgan fingerprint density at radius 3 is 2.54 bits per heavy atom. The Kier molecular flexibility index (Phi) is 4.92. The van der Waals surface area contributed by atoms with Gasteiger partial charge in [-0.15, -0.1) is 0 Å². The second-order valence-corrected chi connectivity index (χ2v) is 5.00. The maximum atomic E-state index is 12.1. The Balaban J connectivity index is 2.27. The van der Waals surface area contributed by atoms with Crippen molar-refractivity contribution in [3.05, 3.63) is 69.3 Å². The molecule has 0 atom stereocenters. The van der Waals surface area contributed by atoms with Crippen LogP contribution in [0.1, 0.15) is 11.1 Å². The Morgan fingerprint density at radius 2 is 1.96 bits per heavy atom. The zero-order chi connectivity index (χ0) is 17.7. The Bertz CT molecular complexity index is 864. The van der Waals surface area contributed by atoms with Crippen LogP contribution in [0.4, 0.5) is 11.4 Å². The number of hydrogen-bond donors (Lipinski definition) is 2. The van der Waals surface area contributed by atoms with Crippen molar-refractivity contribution >= 4 is 23.4 Å². The molecule has 120 valence electrons. The van der Waals surface area contributed by atoms with E-state index in [4.69, 9.17) is 5.26 Å². The number of nitro benzene ring substituents is 1. The van der Waals surface area contributed by atoms with Crippen molar-refractivity contribution in [1.82, 2.24) is 0 Å². The average molecular weight is 323 g/mol. The number of rotatable bonds is 4. The van der Waals surface area contributed by atoms with Gasteiger partial charge in [0.25, 0.3) is 5.91 Å². The van der Waals surface area contributed by atoms with E-state index in [-0.39, 0.29) is 11.1 Å². The minimum Gasteiger partial charge on any atom is -0.502 e. The summed E-state index contributed by atoms with van der Waals surface area (Å²) in [5.41, 5.74) is 1.11. The van der Waals surface area contributed by atoms with E-state index in [1.807, 2.05) is 19.1 Å². The number of phenols is 1. The van der Waals surface area contributed by atoms with E-state index in [1.165, 1.54) is 12.1 Å². The van der Waals surface area contributed by atoms with Crippen molar-refractivity contribution in [2.24, 2.45) is 0 Å². The lowest BCUT2D eigenvalue weighted by atomic mass is 10.1. The lowest BCUT2D eigenvalue weighted by Gasteiger charge is -2.05. The molecular weight excluding hydrogens is 310 g/mol. The molecule has 24 heavy (non-hydrogen) atoms. The highest BCUT2D eigenvalue weighted by atomic mass is 16.6. The van der Waals surface area contributed by atoms with Gasteiger partial charge < -0.3 is 10.4 Å². The number of hydrogen-bond acceptors (Lipinski definition) is 5. The second-order valence-electron chi connectivity index (χ2n) is 5.00. The standard InChI is InChI=1S/C17H13N3O4/c1-11-2-5-14(6-3-11)19-17(22)13(10-18)8-12-4-7-16(21)15(9-12)20(23)24/h2-9,21H,1H3,(H,19,22). The van der Waals surface area contributed by atoms with E-state index in [1.54, 1.807) is 18.2 Å². The summed E-state index contributed by atoms with van der Waals surface area (Å²) >= 11 is 0. The molecule has 2 N–H and O–H groups in total. The number of nitro groups is 1. The van der Waals surface area contributed by atoms with E-state index < -0.39 is 22.3 Å². The number of phenolic OH excluding ortho intramolecular Hbond substituents is 1. The van der Waals surface area contributed by atoms with Crippen LogP contribution in [0.3, 0.4) is 0 Å². The van der Waals surface area contributed by atoms with Crippen LogP contribution in [0.25, 0.3) is 6.08 Å². The summed E-state index contributed by atoms with van der Waals surface area (Å²) in [4.78, 5) is 22.2. The first-order valence-electron chi connectivity index (χ1n) is 6.88. The quantitative estimate of drug-likeness (QED) is 0.388. The predicted molar refractivity (Wildman–Crippen MR) is 88.2 cm³/mol. The molecule has 0 heterocycles. The summed E-state index contributed by atoms with van der Waals surface area (Å²) in [6, 6.07) is 12.4. The molecule has 0 aromatic heterocycles. The van der Waals surface area contributed by atoms with Crippen LogP contribution in [0.2, 0.25) is 0 Å². The average Bonchev–Trinajstić information content (AvgIpc) is 2.55. The number of nitrogens with one attached hydrogen (secondary N) is 1. The van der Waals surface area contributed by atoms with Gasteiger partial charge in [-0.25, -0.2) is 0 Å². The highest BCUT2D eigenvalue weighted by molar-refractivity contribution is 6.09. The molecule has 0 spiro atoms. The van der Waals surface area contributed by atoms with Crippen molar-refractivity contribution in [1.29, 1.82) is 5.26 Å². The first-order valence-corrected chi connectivity index (χ1v) is 6.88. The summed E-state index contributed by atoms with van der Waals surface area (Å²) in [5, 5.41) is 32.0. The van der Waals surface area contributed by atoms with Crippen molar-refractivity contribution in [3.8, 4) is 11.8 Å². The van der Waals surface area contributed by atoms with Crippen molar-refractivity contribution in [2.45, 2.75) is 6.92 Å². The summed E-state index contributed by atoms with van der Waals surface area (Å²) in [6.45, 7) is 1.91. The first-order chi connectivity index (χ1) is 11.4. The van der Waals surface area contributed by atoms with Crippen LogP contribution < -0.4 is 5.32 Å². The van der Waals surface area contributed by atoms with Crippen LogP contribution in [0.15, 0.2) is 48.0 Å². The van der Waals surface area contributed by atoms with Crippen LogP contribution in [0.5, 0.6) is 5.75 Å². The molecule has 1 amide bonds. The molecule has 2 rings (SSSR count). The van der Waals surface area contributed by atoms with E-state index in [9.17, 15) is 20.0 Å². The molecule has 2 aromatic rings. The number of benzene rings is 2. The minimum absolute atomic E-state index is 0.212. The Hall–Kier alpha value is -3.66. The number of aryl methyl sites for hydroxylation is 1. The second kappa shape index (κ2) is 7.07. The molecule has 2 aromatic carbocycles. The Morgan fingerprint density at radius 1 is 1.29 bits per heavy atom. The SMILES string of the molecule is Cc1ccc(NC(=O)C(C#N)=Cc2ccc(O)c([N+](=O)[O-])c2)cc1. The number of aromatic hydroxyl groups is 1. The highest BCUT2D eigenvalue weighted by Crippen LogP contribution is 2.27. The van der Waals surface area contributed by atoms with E-state index in [0.717, 1.165) is 17.7 Å². The third kappa shape index (κ3) is 3.96. The number of amides is 1. The molecule has 0 bridgehead atoms. The van der Waals surface area contributed by atoms with Gasteiger partial charge in [0, 0.05) is 11.8 Å². The molecular formula is C17H13N3O4. The molecule has 0 fully saturated rings. The number of nitriles is 1. The maximum Gasteiger partial charge on any atom is 0.311 e. The minimum atomic E-state index is -0.745. The Labute approximate surface area is 137 Å². The first kappa shape index (κ1) is 16.7. The van der Waals surface area contributed by atoms with Gasteiger partial charge in [-0.2, -0.15) is 5.26 Å². The molecule has 0 aliphatic rings. The third-order valence-corrected chi connectivity index (χ3v) is 3.18. The molecule has 0 radical (unpaired) electrons. The normalized spacial score (nSPS) is 10.8. The van der Waals surface area contributed by atoms with E-state index in [2.05, 4.69) is 5.32 Å². The van der Waals surface area contributed by atoms with Crippen LogP contribution in [-0.2, 0) is 4.79 Å². The largest absolute Gasteiger partial charge is 0.502 e. The van der Waals surface area contributed by atoms with Gasteiger partial charge in [-0.3, -0.25) is 14.9 Å². The lowest BCUT2D eigenvalue weighted by Crippen LogP contribution is -2.13. The zero-order valence-corrected chi connectivity index (χ0v) is 12.7. The third-order valence-electron chi connectivity index (χ3n) is 3.18. The molecule has 0 aliphatic heterocycles. The summed E-state index contributed by atoms with van der Waals surface area (Å²) < 4.78 is 0. The number of anilines is 1. The fourth-order valence-electron chi connectivity index (χ4n) is 1.93. The monoisotopic (exact) mass is 323 g/mol.